The molecule has 0 aromatic heterocycles. The number of para-hydroxylation sites is 1. The van der Waals surface area contributed by atoms with Gasteiger partial charge in [0.05, 0.1) is 26.7 Å². The largest absolute Gasteiger partial charge is 0.398 e. The highest BCUT2D eigenvalue weighted by atomic mass is 32.2. The summed E-state index contributed by atoms with van der Waals surface area (Å²) in [7, 11) is -4.51. The van der Waals surface area contributed by atoms with Crippen molar-refractivity contribution in [3.8, 4) is 0 Å². The van der Waals surface area contributed by atoms with Gasteiger partial charge in [0.2, 0.25) is 0 Å². The SMILES string of the molecule is CC(C)S(=O)(=O)CCS(=O)c1ccccc1N. The number of rotatable bonds is 5. The van der Waals surface area contributed by atoms with Crippen molar-refractivity contribution < 1.29 is 12.6 Å². The predicted molar refractivity (Wildman–Crippen MR) is 71.1 cm³/mol. The molecule has 0 aliphatic carbocycles. The van der Waals surface area contributed by atoms with Crippen LogP contribution in [0.5, 0.6) is 0 Å². The summed E-state index contributed by atoms with van der Waals surface area (Å²) in [5.74, 6) is 0.0142. The van der Waals surface area contributed by atoms with Crippen LogP contribution >= 0.6 is 0 Å². The van der Waals surface area contributed by atoms with Crippen molar-refractivity contribution in [1.29, 1.82) is 0 Å². The molecule has 2 N–H and O–H groups in total. The fourth-order valence-corrected chi connectivity index (χ4v) is 4.01. The van der Waals surface area contributed by atoms with Gasteiger partial charge in [-0.25, -0.2) is 8.42 Å². The Kier molecular flexibility index (Phi) is 4.70. The highest BCUT2D eigenvalue weighted by molar-refractivity contribution is 7.93. The van der Waals surface area contributed by atoms with Gasteiger partial charge >= 0.3 is 0 Å². The van der Waals surface area contributed by atoms with Crippen LogP contribution in [0.1, 0.15) is 13.8 Å². The lowest BCUT2D eigenvalue weighted by Crippen LogP contribution is -2.21. The zero-order chi connectivity index (χ0) is 13.1. The van der Waals surface area contributed by atoms with Gasteiger partial charge in [-0.2, -0.15) is 0 Å². The molecule has 0 aliphatic rings. The molecule has 6 heteroatoms. The summed E-state index contributed by atoms with van der Waals surface area (Å²) in [6.45, 7) is 3.24. The van der Waals surface area contributed by atoms with E-state index in [1.54, 1.807) is 38.1 Å². The van der Waals surface area contributed by atoms with Gasteiger partial charge in [0.1, 0.15) is 0 Å². The Balaban J connectivity index is 2.73. The summed E-state index contributed by atoms with van der Waals surface area (Å²) in [5.41, 5.74) is 6.12. The van der Waals surface area contributed by atoms with Crippen molar-refractivity contribution >= 4 is 26.3 Å². The van der Waals surface area contributed by atoms with Crippen LogP contribution in [0.4, 0.5) is 5.69 Å². The van der Waals surface area contributed by atoms with E-state index in [0.29, 0.717) is 10.6 Å². The second-order valence-electron chi connectivity index (χ2n) is 4.00. The lowest BCUT2D eigenvalue weighted by molar-refractivity contribution is 0.588. The first kappa shape index (κ1) is 14.2. The van der Waals surface area contributed by atoms with Crippen LogP contribution in [-0.2, 0) is 20.6 Å². The van der Waals surface area contributed by atoms with E-state index in [1.165, 1.54) is 0 Å². The zero-order valence-corrected chi connectivity index (χ0v) is 11.6. The second-order valence-corrected chi connectivity index (χ2v) is 8.22. The van der Waals surface area contributed by atoms with Gasteiger partial charge in [-0.3, -0.25) is 4.21 Å². The molecule has 1 aromatic carbocycles. The molecule has 0 bridgehead atoms. The van der Waals surface area contributed by atoms with Crippen molar-refractivity contribution in [1.82, 2.24) is 0 Å². The molecule has 1 atom stereocenters. The topological polar surface area (TPSA) is 77.2 Å². The quantitative estimate of drug-likeness (QED) is 0.819. The molecule has 17 heavy (non-hydrogen) atoms. The first-order chi connectivity index (χ1) is 7.84. The monoisotopic (exact) mass is 275 g/mol. The van der Waals surface area contributed by atoms with Gasteiger partial charge in [0.15, 0.2) is 9.84 Å². The highest BCUT2D eigenvalue weighted by Gasteiger charge is 2.18. The number of nitrogen functional groups attached to an aromatic ring is 1. The van der Waals surface area contributed by atoms with Crippen molar-refractivity contribution in [2.75, 3.05) is 17.2 Å². The molecule has 1 unspecified atom stereocenters. The summed E-state index contributed by atoms with van der Waals surface area (Å²) in [6, 6.07) is 6.80. The molecule has 1 rings (SSSR count). The Morgan fingerprint density at radius 2 is 1.88 bits per heavy atom. The second kappa shape index (κ2) is 5.64. The van der Waals surface area contributed by atoms with Crippen LogP contribution < -0.4 is 5.73 Å². The molecule has 0 spiro atoms. The minimum Gasteiger partial charge on any atom is -0.398 e. The van der Waals surface area contributed by atoms with Crippen LogP contribution in [0.25, 0.3) is 0 Å². The van der Waals surface area contributed by atoms with E-state index in [-0.39, 0.29) is 11.5 Å². The smallest absolute Gasteiger partial charge is 0.153 e. The normalized spacial score (nSPS) is 13.8. The molecule has 0 radical (unpaired) electrons. The molecule has 0 fully saturated rings. The number of hydrogen-bond acceptors (Lipinski definition) is 4. The molecule has 4 nitrogen and oxygen atoms in total. The van der Waals surface area contributed by atoms with Crippen LogP contribution in [0.3, 0.4) is 0 Å². The molecular formula is C11H17NO3S2. The number of benzene rings is 1. The van der Waals surface area contributed by atoms with Gasteiger partial charge in [-0.15, -0.1) is 0 Å². The Bertz CT molecular complexity index is 509. The van der Waals surface area contributed by atoms with Crippen molar-refractivity contribution in [2.24, 2.45) is 0 Å². The van der Waals surface area contributed by atoms with Gasteiger partial charge in [-0.05, 0) is 26.0 Å². The summed E-state index contributed by atoms with van der Waals surface area (Å²) in [4.78, 5) is 0.506. The lowest BCUT2D eigenvalue weighted by Gasteiger charge is -2.08. The maximum atomic E-state index is 11.9. The van der Waals surface area contributed by atoms with E-state index in [0.717, 1.165) is 0 Å². The minimum atomic E-state index is -3.15. The number of nitrogens with two attached hydrogens (primary N) is 1. The van der Waals surface area contributed by atoms with E-state index in [2.05, 4.69) is 0 Å². The van der Waals surface area contributed by atoms with Gasteiger partial charge in [0, 0.05) is 11.4 Å². The molecule has 0 aliphatic heterocycles. The Labute approximate surface area is 105 Å². The summed E-state index contributed by atoms with van der Waals surface area (Å²) in [5, 5.41) is -0.437. The van der Waals surface area contributed by atoms with Gasteiger partial charge in [-0.1, -0.05) is 12.1 Å². The van der Waals surface area contributed by atoms with E-state index in [4.69, 9.17) is 5.73 Å². The van der Waals surface area contributed by atoms with E-state index in [9.17, 15) is 12.6 Å². The Morgan fingerprint density at radius 3 is 2.41 bits per heavy atom. The van der Waals surface area contributed by atoms with Gasteiger partial charge < -0.3 is 5.73 Å². The molecule has 0 saturated heterocycles. The summed E-state index contributed by atoms with van der Waals surface area (Å²) >= 11 is 0. The third-order valence-electron chi connectivity index (χ3n) is 2.44. The Hall–Kier alpha value is -0.880. The van der Waals surface area contributed by atoms with Crippen LogP contribution in [-0.4, -0.2) is 29.4 Å². The van der Waals surface area contributed by atoms with Crippen molar-refractivity contribution in [3.05, 3.63) is 24.3 Å². The maximum absolute atomic E-state index is 11.9. The average Bonchev–Trinajstić information content (AvgIpc) is 2.26. The maximum Gasteiger partial charge on any atom is 0.153 e. The first-order valence-electron chi connectivity index (χ1n) is 5.29. The van der Waals surface area contributed by atoms with E-state index < -0.39 is 25.9 Å². The molecular weight excluding hydrogens is 258 g/mol. The van der Waals surface area contributed by atoms with E-state index >= 15 is 0 Å². The fraction of sp³-hybridized carbons (Fsp3) is 0.455. The molecule has 1 aromatic rings. The number of anilines is 1. The van der Waals surface area contributed by atoms with Crippen LogP contribution in [0.2, 0.25) is 0 Å². The molecule has 0 heterocycles. The third kappa shape index (κ3) is 3.81. The summed E-state index contributed by atoms with van der Waals surface area (Å²) in [6.07, 6.45) is 0. The third-order valence-corrected chi connectivity index (χ3v) is 6.34. The van der Waals surface area contributed by atoms with E-state index in [1.807, 2.05) is 0 Å². The number of sulfone groups is 1. The standard InChI is InChI=1S/C11H17NO3S2/c1-9(2)17(14,15)8-7-16(13)11-6-4-3-5-10(11)12/h3-6,9H,7-8,12H2,1-2H3. The average molecular weight is 275 g/mol. The Morgan fingerprint density at radius 1 is 1.29 bits per heavy atom. The highest BCUT2D eigenvalue weighted by Crippen LogP contribution is 2.16. The van der Waals surface area contributed by atoms with Crippen molar-refractivity contribution in [2.45, 2.75) is 24.0 Å². The van der Waals surface area contributed by atoms with Gasteiger partial charge in [0.25, 0.3) is 0 Å². The number of hydrogen-bond donors (Lipinski definition) is 1. The van der Waals surface area contributed by atoms with Crippen LogP contribution in [0, 0.1) is 0 Å². The molecule has 0 saturated carbocycles. The predicted octanol–water partition coefficient (Wildman–Crippen LogP) is 1.20. The van der Waals surface area contributed by atoms with Crippen molar-refractivity contribution in [3.63, 3.8) is 0 Å². The minimum absolute atomic E-state index is 0.0778. The van der Waals surface area contributed by atoms with Crippen LogP contribution in [0.15, 0.2) is 29.2 Å². The first-order valence-corrected chi connectivity index (χ1v) is 8.32. The lowest BCUT2D eigenvalue weighted by atomic mass is 10.3. The summed E-state index contributed by atoms with van der Waals surface area (Å²) < 4.78 is 35.1. The zero-order valence-electron chi connectivity index (χ0n) is 9.92. The molecule has 96 valence electrons. The fourth-order valence-electron chi connectivity index (χ4n) is 1.23. The molecule has 0 amide bonds.